The van der Waals surface area contributed by atoms with Crippen LogP contribution in [0.15, 0.2) is 29.4 Å². The van der Waals surface area contributed by atoms with Crippen molar-refractivity contribution in [2.45, 2.75) is 51.6 Å². The average Bonchev–Trinajstić information content (AvgIpc) is 3.43. The van der Waals surface area contributed by atoms with Crippen LogP contribution in [0.25, 0.3) is 11.4 Å². The molecule has 1 aliphatic carbocycles. The van der Waals surface area contributed by atoms with Gasteiger partial charge in [0.05, 0.1) is 17.9 Å². The number of aryl methyl sites for hydroxylation is 1. The van der Waals surface area contributed by atoms with Gasteiger partial charge in [0.15, 0.2) is 11.0 Å². The lowest BCUT2D eigenvalue weighted by Gasteiger charge is -2.21. The van der Waals surface area contributed by atoms with Crippen molar-refractivity contribution in [2.24, 2.45) is 7.05 Å². The number of esters is 1. The van der Waals surface area contributed by atoms with E-state index in [0.29, 0.717) is 22.3 Å². The molecule has 192 valence electrons. The maximum absolute atomic E-state index is 12.8. The number of benzene rings is 1. The summed E-state index contributed by atoms with van der Waals surface area (Å²) in [7, 11) is 1.90. The van der Waals surface area contributed by atoms with Crippen molar-refractivity contribution >= 4 is 45.7 Å². The first kappa shape index (κ1) is 26.2. The van der Waals surface area contributed by atoms with Crippen LogP contribution in [0.3, 0.4) is 0 Å². The molecule has 0 fully saturated rings. The lowest BCUT2D eigenvalue weighted by Crippen LogP contribution is -2.21. The first-order valence-corrected chi connectivity index (χ1v) is 14.3. The van der Waals surface area contributed by atoms with Gasteiger partial charge in [-0.1, -0.05) is 11.8 Å². The monoisotopic (exact) mass is 527 g/mol. The predicted octanol–water partition coefficient (Wildman–Crippen LogP) is 5.18. The van der Waals surface area contributed by atoms with Gasteiger partial charge in [0.1, 0.15) is 5.00 Å². The maximum atomic E-state index is 12.8. The van der Waals surface area contributed by atoms with E-state index in [1.54, 1.807) is 6.92 Å². The van der Waals surface area contributed by atoms with E-state index in [4.69, 9.17) is 4.74 Å². The zero-order chi connectivity index (χ0) is 25.7. The number of carbonyl (C=O) groups is 2. The normalized spacial score (nSPS) is 12.8. The Balaban J connectivity index is 1.43. The number of ether oxygens (including phenoxy) is 1. The molecule has 10 heteroatoms. The van der Waals surface area contributed by atoms with Gasteiger partial charge in [0.2, 0.25) is 5.91 Å². The van der Waals surface area contributed by atoms with Crippen LogP contribution in [-0.4, -0.2) is 52.1 Å². The Kier molecular flexibility index (Phi) is 8.68. The van der Waals surface area contributed by atoms with Crippen LogP contribution in [0.4, 0.5) is 10.7 Å². The molecular weight excluding hydrogens is 494 g/mol. The first-order chi connectivity index (χ1) is 17.5. The predicted molar refractivity (Wildman–Crippen MR) is 146 cm³/mol. The number of fused-ring (bicyclic) bond motifs is 1. The van der Waals surface area contributed by atoms with Crippen molar-refractivity contribution in [1.82, 2.24) is 14.8 Å². The van der Waals surface area contributed by atoms with Gasteiger partial charge in [-0.2, -0.15) is 0 Å². The largest absolute Gasteiger partial charge is 0.462 e. The number of nitrogens with zero attached hydrogens (tertiary/aromatic N) is 4. The molecule has 0 radical (unpaired) electrons. The van der Waals surface area contributed by atoms with Gasteiger partial charge in [-0.15, -0.1) is 21.5 Å². The fourth-order valence-corrected chi connectivity index (χ4v) is 6.47. The molecular formula is C26H33N5O3S2. The van der Waals surface area contributed by atoms with Crippen molar-refractivity contribution in [1.29, 1.82) is 0 Å². The molecule has 8 nitrogen and oxygen atoms in total. The van der Waals surface area contributed by atoms with Gasteiger partial charge in [0.25, 0.3) is 0 Å². The third-order valence-electron chi connectivity index (χ3n) is 6.33. The number of hydrogen-bond acceptors (Lipinski definition) is 8. The zero-order valence-corrected chi connectivity index (χ0v) is 22.9. The molecule has 0 unspecified atom stereocenters. The quantitative estimate of drug-likeness (QED) is 0.287. The molecule has 4 rings (SSSR count). The number of aromatic nitrogens is 3. The van der Waals surface area contributed by atoms with Gasteiger partial charge in [-0.25, -0.2) is 4.79 Å². The number of thioether (sulfide) groups is 1. The lowest BCUT2D eigenvalue weighted by atomic mass is 9.95. The van der Waals surface area contributed by atoms with Gasteiger partial charge in [-0.3, -0.25) is 4.79 Å². The molecule has 1 aliphatic rings. The van der Waals surface area contributed by atoms with Gasteiger partial charge in [-0.05, 0) is 76.3 Å². The molecule has 3 aromatic rings. The van der Waals surface area contributed by atoms with E-state index in [1.165, 1.54) is 33.7 Å². The van der Waals surface area contributed by atoms with Crippen molar-refractivity contribution in [3.8, 4) is 11.4 Å². The highest BCUT2D eigenvalue weighted by Gasteiger charge is 2.27. The van der Waals surface area contributed by atoms with E-state index in [0.717, 1.165) is 55.7 Å². The molecule has 0 saturated heterocycles. The van der Waals surface area contributed by atoms with E-state index < -0.39 is 0 Å². The van der Waals surface area contributed by atoms with Gasteiger partial charge < -0.3 is 19.5 Å². The molecule has 0 bridgehead atoms. The highest BCUT2D eigenvalue weighted by molar-refractivity contribution is 7.99. The molecule has 1 aromatic carbocycles. The van der Waals surface area contributed by atoms with Crippen LogP contribution in [0.5, 0.6) is 0 Å². The number of anilines is 2. The van der Waals surface area contributed by atoms with Crippen LogP contribution in [0.1, 0.15) is 54.4 Å². The van der Waals surface area contributed by atoms with E-state index >= 15 is 0 Å². The third-order valence-corrected chi connectivity index (χ3v) is 8.55. The van der Waals surface area contributed by atoms with Gasteiger partial charge in [0, 0.05) is 36.3 Å². The second-order valence-corrected chi connectivity index (χ2v) is 10.6. The molecule has 2 heterocycles. The number of thiophene rings is 1. The minimum absolute atomic E-state index is 0.164. The molecule has 0 aliphatic heterocycles. The van der Waals surface area contributed by atoms with Crippen LogP contribution in [-0.2, 0) is 29.4 Å². The summed E-state index contributed by atoms with van der Waals surface area (Å²) in [6.07, 6.45) is 3.94. The van der Waals surface area contributed by atoms with Crippen molar-refractivity contribution in [3.05, 3.63) is 40.3 Å². The first-order valence-electron chi connectivity index (χ1n) is 12.5. The summed E-state index contributed by atoms with van der Waals surface area (Å²) in [5.41, 5.74) is 3.72. The van der Waals surface area contributed by atoms with Crippen LogP contribution in [0, 0.1) is 0 Å². The van der Waals surface area contributed by atoms with E-state index in [1.807, 2.05) is 23.7 Å². The SMILES string of the molecule is CCOC(=O)c1c(NC(=O)CSc2nnc(-c3ccc(N(CC)CC)cc3)n2C)sc2c1CCCC2. The van der Waals surface area contributed by atoms with E-state index in [9.17, 15) is 9.59 Å². The Hall–Kier alpha value is -2.85. The summed E-state index contributed by atoms with van der Waals surface area (Å²) in [6.45, 7) is 8.30. The Labute approximate surface area is 220 Å². The number of amides is 1. The zero-order valence-electron chi connectivity index (χ0n) is 21.3. The standard InChI is InChI=1S/C26H33N5O3S2/c1-5-31(6-2)18-14-12-17(13-15-18)23-28-29-26(30(23)4)35-16-21(32)27-24-22(25(33)34-7-3)19-10-8-9-11-20(19)36-24/h12-15H,5-11,16H2,1-4H3,(H,27,32). The number of carbonyl (C=O) groups excluding carboxylic acids is 2. The molecule has 0 atom stereocenters. The van der Waals surface area contributed by atoms with Crippen LogP contribution < -0.4 is 10.2 Å². The third kappa shape index (κ3) is 5.59. The number of nitrogens with one attached hydrogen (secondary N) is 1. The molecule has 0 spiro atoms. The van der Waals surface area contributed by atoms with Crippen molar-refractivity contribution < 1.29 is 14.3 Å². The molecule has 1 N–H and O–H groups in total. The van der Waals surface area contributed by atoms with Crippen LogP contribution >= 0.6 is 23.1 Å². The summed E-state index contributed by atoms with van der Waals surface area (Å²) >= 11 is 2.82. The second-order valence-electron chi connectivity index (χ2n) is 8.56. The van der Waals surface area contributed by atoms with Crippen molar-refractivity contribution in [2.75, 3.05) is 35.7 Å². The Morgan fingerprint density at radius 2 is 1.83 bits per heavy atom. The lowest BCUT2D eigenvalue weighted by molar-refractivity contribution is -0.113. The minimum atomic E-state index is -0.357. The van der Waals surface area contributed by atoms with Gasteiger partial charge >= 0.3 is 5.97 Å². The topological polar surface area (TPSA) is 89.3 Å². The fraction of sp³-hybridized carbons (Fsp3) is 0.462. The minimum Gasteiger partial charge on any atom is -0.462 e. The second kappa shape index (κ2) is 11.9. The highest BCUT2D eigenvalue weighted by atomic mass is 32.2. The Morgan fingerprint density at radius 1 is 1.11 bits per heavy atom. The maximum Gasteiger partial charge on any atom is 0.341 e. The number of rotatable bonds is 10. The summed E-state index contributed by atoms with van der Waals surface area (Å²) in [4.78, 5) is 28.9. The Bertz CT molecular complexity index is 1220. The highest BCUT2D eigenvalue weighted by Crippen LogP contribution is 2.38. The smallest absolute Gasteiger partial charge is 0.341 e. The summed E-state index contributed by atoms with van der Waals surface area (Å²) in [5.74, 6) is 0.374. The molecule has 0 saturated carbocycles. The summed E-state index contributed by atoms with van der Waals surface area (Å²) in [6, 6.07) is 8.29. The van der Waals surface area contributed by atoms with Crippen LogP contribution in [0.2, 0.25) is 0 Å². The fourth-order valence-electron chi connectivity index (χ4n) is 4.47. The summed E-state index contributed by atoms with van der Waals surface area (Å²) < 4.78 is 7.19. The molecule has 2 aromatic heterocycles. The summed E-state index contributed by atoms with van der Waals surface area (Å²) in [5, 5.41) is 12.9. The van der Waals surface area contributed by atoms with E-state index in [-0.39, 0.29) is 17.6 Å². The Morgan fingerprint density at radius 3 is 2.53 bits per heavy atom. The number of hydrogen-bond donors (Lipinski definition) is 1. The molecule has 1 amide bonds. The molecule has 36 heavy (non-hydrogen) atoms. The van der Waals surface area contributed by atoms with E-state index in [2.05, 4.69) is 46.4 Å². The van der Waals surface area contributed by atoms with Crippen molar-refractivity contribution in [3.63, 3.8) is 0 Å². The average molecular weight is 528 g/mol.